The SMILES string of the molecule is Cc1ccc(F)c(C(N)c2ccc(Cl)cc2)c1F. The van der Waals surface area contributed by atoms with E-state index in [1.165, 1.54) is 12.1 Å². The first kappa shape index (κ1) is 13.0. The maximum Gasteiger partial charge on any atom is 0.134 e. The van der Waals surface area contributed by atoms with Gasteiger partial charge in [0.05, 0.1) is 6.04 Å². The Labute approximate surface area is 109 Å². The average Bonchev–Trinajstić information content (AvgIpc) is 2.35. The number of nitrogens with two attached hydrogens (primary N) is 1. The van der Waals surface area contributed by atoms with Gasteiger partial charge in [0.25, 0.3) is 0 Å². The fraction of sp³-hybridized carbons (Fsp3) is 0.143. The van der Waals surface area contributed by atoms with E-state index in [9.17, 15) is 8.78 Å². The minimum absolute atomic E-state index is 0.114. The lowest BCUT2D eigenvalue weighted by Crippen LogP contribution is -2.16. The third-order valence-corrected chi connectivity index (χ3v) is 3.11. The van der Waals surface area contributed by atoms with Crippen LogP contribution in [0.5, 0.6) is 0 Å². The third kappa shape index (κ3) is 2.37. The Morgan fingerprint density at radius 3 is 2.28 bits per heavy atom. The number of benzene rings is 2. The minimum Gasteiger partial charge on any atom is -0.320 e. The highest BCUT2D eigenvalue weighted by Gasteiger charge is 2.19. The monoisotopic (exact) mass is 267 g/mol. The summed E-state index contributed by atoms with van der Waals surface area (Å²) in [5.41, 5.74) is 6.79. The predicted octanol–water partition coefficient (Wildman–Crippen LogP) is 3.97. The van der Waals surface area contributed by atoms with Gasteiger partial charge in [0, 0.05) is 10.6 Å². The van der Waals surface area contributed by atoms with Crippen LogP contribution in [-0.2, 0) is 0 Å². The molecule has 0 saturated heterocycles. The number of hydrogen-bond donors (Lipinski definition) is 1. The zero-order valence-corrected chi connectivity index (χ0v) is 10.5. The molecule has 0 aliphatic heterocycles. The van der Waals surface area contributed by atoms with Gasteiger partial charge in [-0.15, -0.1) is 0 Å². The predicted molar refractivity (Wildman–Crippen MR) is 68.6 cm³/mol. The molecule has 1 atom stereocenters. The maximum atomic E-state index is 13.9. The lowest BCUT2D eigenvalue weighted by atomic mass is 9.97. The molecule has 0 aromatic heterocycles. The quantitative estimate of drug-likeness (QED) is 0.875. The molecule has 4 heteroatoms. The van der Waals surface area contributed by atoms with Crippen LogP contribution in [0.1, 0.15) is 22.7 Å². The number of halogens is 3. The van der Waals surface area contributed by atoms with Crippen LogP contribution in [0.15, 0.2) is 36.4 Å². The summed E-state index contributed by atoms with van der Waals surface area (Å²) in [4.78, 5) is 0. The molecule has 0 fully saturated rings. The van der Waals surface area contributed by atoms with Crippen molar-refractivity contribution in [3.8, 4) is 0 Å². The van der Waals surface area contributed by atoms with E-state index in [1.807, 2.05) is 0 Å². The van der Waals surface area contributed by atoms with E-state index < -0.39 is 17.7 Å². The van der Waals surface area contributed by atoms with Crippen LogP contribution in [0.2, 0.25) is 5.02 Å². The van der Waals surface area contributed by atoms with Crippen LogP contribution in [0.25, 0.3) is 0 Å². The van der Waals surface area contributed by atoms with E-state index in [2.05, 4.69) is 0 Å². The van der Waals surface area contributed by atoms with Crippen LogP contribution in [0.3, 0.4) is 0 Å². The summed E-state index contributed by atoms with van der Waals surface area (Å²) in [7, 11) is 0. The largest absolute Gasteiger partial charge is 0.320 e. The average molecular weight is 268 g/mol. The first-order valence-electron chi connectivity index (χ1n) is 5.46. The third-order valence-electron chi connectivity index (χ3n) is 2.86. The summed E-state index contributed by atoms with van der Waals surface area (Å²) >= 11 is 5.76. The van der Waals surface area contributed by atoms with Gasteiger partial charge in [0.15, 0.2) is 0 Å². The standard InChI is InChI=1S/C14H12ClF2N/c1-8-2-7-11(16)12(13(8)17)14(18)9-3-5-10(15)6-4-9/h2-7,14H,18H2,1H3. The molecular formula is C14H12ClF2N. The van der Waals surface area contributed by atoms with Crippen LogP contribution in [-0.4, -0.2) is 0 Å². The van der Waals surface area contributed by atoms with Crippen molar-refractivity contribution in [1.82, 2.24) is 0 Å². The Morgan fingerprint density at radius 1 is 1.06 bits per heavy atom. The van der Waals surface area contributed by atoms with Gasteiger partial charge in [-0.05, 0) is 36.2 Å². The van der Waals surface area contributed by atoms with Crippen LogP contribution >= 0.6 is 11.6 Å². The second-order valence-electron chi connectivity index (χ2n) is 4.12. The molecule has 0 saturated carbocycles. The summed E-state index contributed by atoms with van der Waals surface area (Å²) in [5.74, 6) is -1.24. The van der Waals surface area contributed by atoms with Gasteiger partial charge in [-0.1, -0.05) is 29.8 Å². The summed E-state index contributed by atoms with van der Waals surface area (Å²) in [6, 6.07) is 8.38. The summed E-state index contributed by atoms with van der Waals surface area (Å²) in [6.07, 6.45) is 0. The van der Waals surface area contributed by atoms with Crippen LogP contribution < -0.4 is 5.73 Å². The van der Waals surface area contributed by atoms with Crippen molar-refractivity contribution >= 4 is 11.6 Å². The zero-order chi connectivity index (χ0) is 13.3. The van der Waals surface area contributed by atoms with Crippen molar-refractivity contribution in [2.45, 2.75) is 13.0 Å². The summed E-state index contributed by atoms with van der Waals surface area (Å²) in [6.45, 7) is 1.58. The Hall–Kier alpha value is -1.45. The lowest BCUT2D eigenvalue weighted by Gasteiger charge is -2.15. The topological polar surface area (TPSA) is 26.0 Å². The molecule has 2 rings (SSSR count). The molecule has 18 heavy (non-hydrogen) atoms. The first-order valence-corrected chi connectivity index (χ1v) is 5.84. The van der Waals surface area contributed by atoms with Gasteiger partial charge in [-0.3, -0.25) is 0 Å². The Balaban J connectivity index is 2.49. The lowest BCUT2D eigenvalue weighted by molar-refractivity contribution is 0.538. The highest BCUT2D eigenvalue weighted by Crippen LogP contribution is 2.27. The van der Waals surface area contributed by atoms with Crippen LogP contribution in [0.4, 0.5) is 8.78 Å². The molecule has 0 aliphatic carbocycles. The van der Waals surface area contributed by atoms with Crippen LogP contribution in [0, 0.1) is 18.6 Å². The molecule has 2 aromatic rings. The highest BCUT2D eigenvalue weighted by atomic mass is 35.5. The van der Waals surface area contributed by atoms with Crippen molar-refractivity contribution in [1.29, 1.82) is 0 Å². The molecule has 0 heterocycles. The van der Waals surface area contributed by atoms with Crippen molar-refractivity contribution in [2.24, 2.45) is 5.73 Å². The van der Waals surface area contributed by atoms with E-state index in [4.69, 9.17) is 17.3 Å². The zero-order valence-electron chi connectivity index (χ0n) is 9.75. The minimum atomic E-state index is -0.845. The summed E-state index contributed by atoms with van der Waals surface area (Å²) < 4.78 is 27.6. The second-order valence-corrected chi connectivity index (χ2v) is 4.56. The normalized spacial score (nSPS) is 12.5. The fourth-order valence-corrected chi connectivity index (χ4v) is 1.93. The first-order chi connectivity index (χ1) is 8.50. The van der Waals surface area contributed by atoms with E-state index in [0.29, 0.717) is 16.1 Å². The van der Waals surface area contributed by atoms with Gasteiger partial charge in [0.2, 0.25) is 0 Å². The molecule has 2 N–H and O–H groups in total. The Bertz CT molecular complexity index is 567. The molecule has 0 aliphatic rings. The molecule has 2 aromatic carbocycles. The molecule has 0 spiro atoms. The van der Waals surface area contributed by atoms with Gasteiger partial charge in [0.1, 0.15) is 11.6 Å². The Kier molecular flexibility index (Phi) is 3.64. The Morgan fingerprint density at radius 2 is 1.67 bits per heavy atom. The van der Waals surface area contributed by atoms with E-state index >= 15 is 0 Å². The number of rotatable bonds is 2. The molecular weight excluding hydrogens is 256 g/mol. The fourth-order valence-electron chi connectivity index (χ4n) is 1.80. The number of hydrogen-bond acceptors (Lipinski definition) is 1. The van der Waals surface area contributed by atoms with Gasteiger partial charge >= 0.3 is 0 Å². The molecule has 0 amide bonds. The van der Waals surface area contributed by atoms with Gasteiger partial charge < -0.3 is 5.73 Å². The smallest absolute Gasteiger partial charge is 0.134 e. The second kappa shape index (κ2) is 5.04. The number of aryl methyl sites for hydroxylation is 1. The summed E-state index contributed by atoms with van der Waals surface area (Å²) in [5, 5.41) is 0.552. The van der Waals surface area contributed by atoms with Gasteiger partial charge in [-0.2, -0.15) is 0 Å². The van der Waals surface area contributed by atoms with Crippen molar-refractivity contribution in [2.75, 3.05) is 0 Å². The maximum absolute atomic E-state index is 13.9. The van der Waals surface area contributed by atoms with Crippen molar-refractivity contribution in [3.05, 3.63) is 69.7 Å². The van der Waals surface area contributed by atoms with Crippen molar-refractivity contribution < 1.29 is 8.78 Å². The molecule has 0 bridgehead atoms. The van der Waals surface area contributed by atoms with E-state index in [-0.39, 0.29) is 5.56 Å². The molecule has 1 nitrogen and oxygen atoms in total. The highest BCUT2D eigenvalue weighted by molar-refractivity contribution is 6.30. The van der Waals surface area contributed by atoms with E-state index in [0.717, 1.165) is 0 Å². The molecule has 1 unspecified atom stereocenters. The van der Waals surface area contributed by atoms with Gasteiger partial charge in [-0.25, -0.2) is 8.78 Å². The molecule has 94 valence electrons. The van der Waals surface area contributed by atoms with Crippen molar-refractivity contribution in [3.63, 3.8) is 0 Å². The van der Waals surface area contributed by atoms with E-state index in [1.54, 1.807) is 31.2 Å². The molecule has 0 radical (unpaired) electrons.